The summed E-state index contributed by atoms with van der Waals surface area (Å²) in [6.07, 6.45) is 6.56. The number of benzene rings is 1. The summed E-state index contributed by atoms with van der Waals surface area (Å²) in [6, 6.07) is 6.29. The lowest BCUT2D eigenvalue weighted by molar-refractivity contribution is 0.621. The third-order valence-electron chi connectivity index (χ3n) is 3.95. The van der Waals surface area contributed by atoms with Crippen LogP contribution in [0, 0.1) is 13.8 Å². The highest BCUT2D eigenvalue weighted by Crippen LogP contribution is 2.23. The van der Waals surface area contributed by atoms with Gasteiger partial charge >= 0.3 is 0 Å². The van der Waals surface area contributed by atoms with Gasteiger partial charge in [0.25, 0.3) is 0 Å². The van der Waals surface area contributed by atoms with Gasteiger partial charge in [-0.25, -0.2) is 15.0 Å². The van der Waals surface area contributed by atoms with Crippen LogP contribution in [0.2, 0.25) is 0 Å². The van der Waals surface area contributed by atoms with Crippen molar-refractivity contribution in [1.29, 1.82) is 0 Å². The maximum absolute atomic E-state index is 4.48. The van der Waals surface area contributed by atoms with Crippen molar-refractivity contribution in [2.45, 2.75) is 26.8 Å². The molecule has 0 unspecified atom stereocenters. The normalized spacial score (nSPS) is 11.0. The lowest BCUT2D eigenvalue weighted by Crippen LogP contribution is -2.21. The zero-order valence-electron chi connectivity index (χ0n) is 13.3. The molecule has 3 rings (SSSR count). The average molecular weight is 295 g/mol. The summed E-state index contributed by atoms with van der Waals surface area (Å²) in [5.41, 5.74) is 2.22. The highest BCUT2D eigenvalue weighted by molar-refractivity contribution is 5.89. The van der Waals surface area contributed by atoms with Crippen LogP contribution in [0.15, 0.2) is 36.9 Å². The van der Waals surface area contributed by atoms with E-state index < -0.39 is 0 Å². The van der Waals surface area contributed by atoms with Gasteiger partial charge in [-0.3, -0.25) is 0 Å². The summed E-state index contributed by atoms with van der Waals surface area (Å²) in [7, 11) is 2.09. The first-order valence-electron chi connectivity index (χ1n) is 7.55. The predicted octanol–water partition coefficient (Wildman–Crippen LogP) is 2.97. The van der Waals surface area contributed by atoms with Crippen LogP contribution >= 0.6 is 0 Å². The van der Waals surface area contributed by atoms with Crippen molar-refractivity contribution in [3.05, 3.63) is 48.3 Å². The van der Waals surface area contributed by atoms with Crippen LogP contribution in [0.1, 0.15) is 17.8 Å². The van der Waals surface area contributed by atoms with Crippen molar-refractivity contribution < 1.29 is 0 Å². The Kier molecular flexibility index (Phi) is 4.04. The maximum atomic E-state index is 4.48. The standard InChI is InChI=1S/C17H21N5/c1-13-5-6-16-15(11-13)17(20-12-19-16)21(3)8-4-9-22-10-7-18-14(22)2/h5-7,10-12H,4,8-9H2,1-3H3. The molecule has 22 heavy (non-hydrogen) atoms. The summed E-state index contributed by atoms with van der Waals surface area (Å²) in [5.74, 6) is 2.06. The summed E-state index contributed by atoms with van der Waals surface area (Å²) in [5, 5.41) is 1.11. The molecular formula is C17H21N5. The number of rotatable bonds is 5. The van der Waals surface area contributed by atoms with Gasteiger partial charge in [0.05, 0.1) is 5.52 Å². The van der Waals surface area contributed by atoms with Crippen LogP contribution in [0.5, 0.6) is 0 Å². The van der Waals surface area contributed by atoms with E-state index >= 15 is 0 Å². The topological polar surface area (TPSA) is 46.8 Å². The quantitative estimate of drug-likeness (QED) is 0.726. The number of nitrogens with zero attached hydrogens (tertiary/aromatic N) is 5. The first-order chi connectivity index (χ1) is 10.6. The van der Waals surface area contributed by atoms with Crippen LogP contribution in [0.25, 0.3) is 10.9 Å². The zero-order valence-corrected chi connectivity index (χ0v) is 13.3. The molecular weight excluding hydrogens is 274 g/mol. The lowest BCUT2D eigenvalue weighted by atomic mass is 10.1. The minimum atomic E-state index is 0.942. The third-order valence-corrected chi connectivity index (χ3v) is 3.95. The summed E-state index contributed by atoms with van der Waals surface area (Å²) in [4.78, 5) is 15.3. The molecule has 2 heterocycles. The van der Waals surface area contributed by atoms with Gasteiger partial charge in [-0.05, 0) is 32.4 Å². The van der Waals surface area contributed by atoms with Crippen molar-refractivity contribution in [3.63, 3.8) is 0 Å². The molecule has 0 amide bonds. The summed E-state index contributed by atoms with van der Waals surface area (Å²) >= 11 is 0. The molecule has 0 N–H and O–H groups in total. The number of fused-ring (bicyclic) bond motifs is 1. The van der Waals surface area contributed by atoms with E-state index in [4.69, 9.17) is 0 Å². The van der Waals surface area contributed by atoms with Crippen LogP contribution in [0.4, 0.5) is 5.82 Å². The van der Waals surface area contributed by atoms with Crippen molar-refractivity contribution in [1.82, 2.24) is 19.5 Å². The Morgan fingerprint density at radius 3 is 2.77 bits per heavy atom. The predicted molar refractivity (Wildman–Crippen MR) is 89.1 cm³/mol. The summed E-state index contributed by atoms with van der Waals surface area (Å²) < 4.78 is 2.18. The molecule has 0 aliphatic heterocycles. The second-order valence-electron chi connectivity index (χ2n) is 5.66. The molecule has 114 valence electrons. The van der Waals surface area contributed by atoms with Crippen LogP contribution in [-0.2, 0) is 6.54 Å². The van der Waals surface area contributed by atoms with Gasteiger partial charge in [0.15, 0.2) is 0 Å². The number of aromatic nitrogens is 4. The Labute approximate surface area is 130 Å². The molecule has 0 fully saturated rings. The molecule has 0 radical (unpaired) electrons. The highest BCUT2D eigenvalue weighted by Gasteiger charge is 2.09. The van der Waals surface area contributed by atoms with Gasteiger partial charge in [0.1, 0.15) is 18.0 Å². The van der Waals surface area contributed by atoms with Crippen molar-refractivity contribution >= 4 is 16.7 Å². The van der Waals surface area contributed by atoms with Gasteiger partial charge in [-0.1, -0.05) is 11.6 Å². The van der Waals surface area contributed by atoms with E-state index in [0.717, 1.165) is 42.1 Å². The molecule has 0 saturated carbocycles. The SMILES string of the molecule is Cc1ccc2ncnc(N(C)CCCn3ccnc3C)c2c1. The molecule has 0 bridgehead atoms. The fourth-order valence-corrected chi connectivity index (χ4v) is 2.69. The fourth-order valence-electron chi connectivity index (χ4n) is 2.69. The highest BCUT2D eigenvalue weighted by atomic mass is 15.2. The molecule has 3 aromatic rings. The second kappa shape index (κ2) is 6.13. The van der Waals surface area contributed by atoms with Gasteiger partial charge in [-0.15, -0.1) is 0 Å². The van der Waals surface area contributed by atoms with E-state index in [1.165, 1.54) is 5.56 Å². The molecule has 0 aliphatic rings. The number of anilines is 1. The van der Waals surface area contributed by atoms with E-state index in [-0.39, 0.29) is 0 Å². The smallest absolute Gasteiger partial charge is 0.139 e. The molecule has 0 aliphatic carbocycles. The van der Waals surface area contributed by atoms with Gasteiger partial charge in [-0.2, -0.15) is 0 Å². The van der Waals surface area contributed by atoms with E-state index in [2.05, 4.69) is 56.6 Å². The van der Waals surface area contributed by atoms with Gasteiger partial charge < -0.3 is 9.47 Å². The van der Waals surface area contributed by atoms with E-state index in [0.29, 0.717) is 0 Å². The van der Waals surface area contributed by atoms with Crippen LogP contribution in [-0.4, -0.2) is 33.1 Å². The number of aryl methyl sites for hydroxylation is 3. The van der Waals surface area contributed by atoms with E-state index in [9.17, 15) is 0 Å². The number of hydrogen-bond donors (Lipinski definition) is 0. The molecule has 5 heteroatoms. The summed E-state index contributed by atoms with van der Waals surface area (Å²) in [6.45, 7) is 6.04. The third kappa shape index (κ3) is 2.93. The molecule has 0 spiro atoms. The Morgan fingerprint density at radius 1 is 1.14 bits per heavy atom. The maximum Gasteiger partial charge on any atom is 0.139 e. The second-order valence-corrected chi connectivity index (χ2v) is 5.66. The monoisotopic (exact) mass is 295 g/mol. The van der Waals surface area contributed by atoms with E-state index in [1.54, 1.807) is 6.33 Å². The van der Waals surface area contributed by atoms with Crippen molar-refractivity contribution in [2.24, 2.45) is 0 Å². The Bertz CT molecular complexity index is 778. The van der Waals surface area contributed by atoms with Crippen molar-refractivity contribution in [2.75, 3.05) is 18.5 Å². The molecule has 1 aromatic carbocycles. The molecule has 2 aromatic heterocycles. The minimum absolute atomic E-state index is 0.942. The van der Waals surface area contributed by atoms with Gasteiger partial charge in [0, 0.05) is 37.9 Å². The number of imidazole rings is 1. The zero-order chi connectivity index (χ0) is 15.5. The Morgan fingerprint density at radius 2 is 2.00 bits per heavy atom. The largest absolute Gasteiger partial charge is 0.359 e. The first kappa shape index (κ1) is 14.5. The molecule has 0 atom stereocenters. The molecule has 0 saturated heterocycles. The number of hydrogen-bond acceptors (Lipinski definition) is 4. The van der Waals surface area contributed by atoms with Crippen LogP contribution < -0.4 is 4.90 Å². The average Bonchev–Trinajstić information content (AvgIpc) is 2.92. The van der Waals surface area contributed by atoms with Gasteiger partial charge in [0.2, 0.25) is 0 Å². The van der Waals surface area contributed by atoms with Crippen molar-refractivity contribution in [3.8, 4) is 0 Å². The minimum Gasteiger partial charge on any atom is -0.359 e. The molecule has 5 nitrogen and oxygen atoms in total. The first-order valence-corrected chi connectivity index (χ1v) is 7.55. The van der Waals surface area contributed by atoms with Crippen LogP contribution in [0.3, 0.4) is 0 Å². The Balaban J connectivity index is 1.73. The fraction of sp³-hybridized carbons (Fsp3) is 0.353. The lowest BCUT2D eigenvalue weighted by Gasteiger charge is -2.20. The van der Waals surface area contributed by atoms with E-state index in [1.807, 2.05) is 19.3 Å². The Hall–Kier alpha value is -2.43.